The summed E-state index contributed by atoms with van der Waals surface area (Å²) >= 11 is 17.9. The van der Waals surface area contributed by atoms with Crippen LogP contribution in [0, 0.1) is 0 Å². The fraction of sp³-hybridized carbons (Fsp3) is 0.222. The number of fused-ring (bicyclic) bond motifs is 1. The molecule has 6 nitrogen and oxygen atoms in total. The lowest BCUT2D eigenvalue weighted by Gasteiger charge is -2.19. The molecule has 2 aromatic carbocycles. The van der Waals surface area contributed by atoms with Gasteiger partial charge in [-0.05, 0) is 31.2 Å². The maximum absolute atomic E-state index is 12.3. The Morgan fingerprint density at radius 2 is 1.70 bits per heavy atom. The molecule has 2 aromatic rings. The topological polar surface area (TPSA) is 73.9 Å². The van der Waals surface area contributed by atoms with Crippen LogP contribution in [-0.2, 0) is 9.53 Å². The minimum absolute atomic E-state index is 0.0337. The van der Waals surface area contributed by atoms with Gasteiger partial charge in [-0.2, -0.15) is 0 Å². The van der Waals surface area contributed by atoms with Gasteiger partial charge in [0.2, 0.25) is 0 Å². The lowest BCUT2D eigenvalue weighted by atomic mass is 10.2. The molecule has 0 spiro atoms. The van der Waals surface area contributed by atoms with Crippen LogP contribution in [0.3, 0.4) is 0 Å². The normalized spacial score (nSPS) is 13.6. The van der Waals surface area contributed by atoms with Gasteiger partial charge >= 0.3 is 5.97 Å². The summed E-state index contributed by atoms with van der Waals surface area (Å²) in [6, 6.07) is 7.86. The molecular formula is C18H14Cl3NO5. The lowest BCUT2D eigenvalue weighted by molar-refractivity contribution is -0.123. The Balaban J connectivity index is 1.68. The Hall–Kier alpha value is -2.15. The average Bonchev–Trinajstić information content (AvgIpc) is 2.65. The van der Waals surface area contributed by atoms with Crippen LogP contribution in [-0.4, -0.2) is 31.2 Å². The molecule has 0 radical (unpaired) electrons. The third-order valence-electron chi connectivity index (χ3n) is 3.71. The van der Waals surface area contributed by atoms with Gasteiger partial charge in [-0.15, -0.1) is 0 Å². The van der Waals surface area contributed by atoms with Gasteiger partial charge in [-0.1, -0.05) is 34.8 Å². The summed E-state index contributed by atoms with van der Waals surface area (Å²) in [4.78, 5) is 24.7. The number of benzene rings is 2. The van der Waals surface area contributed by atoms with Crippen molar-refractivity contribution in [1.82, 2.24) is 0 Å². The van der Waals surface area contributed by atoms with Crippen molar-refractivity contribution in [2.75, 3.05) is 18.5 Å². The zero-order valence-electron chi connectivity index (χ0n) is 14.1. The molecule has 9 heteroatoms. The van der Waals surface area contributed by atoms with Crippen molar-refractivity contribution < 1.29 is 23.8 Å². The molecule has 1 atom stereocenters. The summed E-state index contributed by atoms with van der Waals surface area (Å²) < 4.78 is 16.0. The number of ether oxygens (including phenoxy) is 3. The van der Waals surface area contributed by atoms with Crippen molar-refractivity contribution >= 4 is 52.4 Å². The summed E-state index contributed by atoms with van der Waals surface area (Å²) in [7, 11) is 0. The van der Waals surface area contributed by atoms with Gasteiger partial charge in [0.1, 0.15) is 13.2 Å². The number of esters is 1. The molecule has 1 heterocycles. The number of amides is 1. The van der Waals surface area contributed by atoms with Crippen molar-refractivity contribution in [2.45, 2.75) is 13.0 Å². The van der Waals surface area contributed by atoms with E-state index in [0.29, 0.717) is 30.4 Å². The number of hydrogen-bond acceptors (Lipinski definition) is 5. The van der Waals surface area contributed by atoms with Crippen LogP contribution in [0.25, 0.3) is 0 Å². The highest BCUT2D eigenvalue weighted by atomic mass is 35.5. The maximum atomic E-state index is 12.3. The molecule has 1 aliphatic rings. The van der Waals surface area contributed by atoms with E-state index in [4.69, 9.17) is 49.0 Å². The van der Waals surface area contributed by atoms with Crippen molar-refractivity contribution in [3.8, 4) is 11.5 Å². The number of carbonyl (C=O) groups is 2. The van der Waals surface area contributed by atoms with Crippen LogP contribution < -0.4 is 14.8 Å². The van der Waals surface area contributed by atoms with Crippen LogP contribution in [0.15, 0.2) is 30.3 Å². The number of carbonyl (C=O) groups excluding carboxylic acids is 2. The van der Waals surface area contributed by atoms with Gasteiger partial charge in [-0.25, -0.2) is 4.79 Å². The summed E-state index contributed by atoms with van der Waals surface area (Å²) in [6.45, 7) is 2.33. The van der Waals surface area contributed by atoms with Gasteiger partial charge in [0.05, 0.1) is 20.6 Å². The molecule has 1 N–H and O–H groups in total. The maximum Gasteiger partial charge on any atom is 0.342 e. The third-order valence-corrected chi connectivity index (χ3v) is 4.83. The first-order valence-corrected chi connectivity index (χ1v) is 9.05. The Bertz CT molecular complexity index is 903. The van der Waals surface area contributed by atoms with E-state index in [1.807, 2.05) is 0 Å². The van der Waals surface area contributed by atoms with Crippen LogP contribution in [0.5, 0.6) is 11.5 Å². The van der Waals surface area contributed by atoms with E-state index in [2.05, 4.69) is 5.32 Å². The largest absolute Gasteiger partial charge is 0.486 e. The monoisotopic (exact) mass is 429 g/mol. The molecule has 142 valence electrons. The van der Waals surface area contributed by atoms with Gasteiger partial charge in [0.15, 0.2) is 17.6 Å². The smallest absolute Gasteiger partial charge is 0.342 e. The van der Waals surface area contributed by atoms with E-state index in [1.54, 1.807) is 18.2 Å². The van der Waals surface area contributed by atoms with Crippen molar-refractivity contribution in [3.63, 3.8) is 0 Å². The molecule has 3 rings (SSSR count). The Morgan fingerprint density at radius 3 is 2.44 bits per heavy atom. The first-order chi connectivity index (χ1) is 12.9. The van der Waals surface area contributed by atoms with E-state index in [9.17, 15) is 9.59 Å². The van der Waals surface area contributed by atoms with Gasteiger partial charge in [0.25, 0.3) is 5.91 Å². The van der Waals surface area contributed by atoms with Crippen LogP contribution in [0.2, 0.25) is 15.1 Å². The molecule has 0 saturated carbocycles. The van der Waals surface area contributed by atoms with E-state index < -0.39 is 18.0 Å². The molecule has 27 heavy (non-hydrogen) atoms. The van der Waals surface area contributed by atoms with E-state index in [1.165, 1.54) is 19.1 Å². The molecule has 0 bridgehead atoms. The van der Waals surface area contributed by atoms with Crippen molar-refractivity contribution in [1.29, 1.82) is 0 Å². The number of nitrogens with one attached hydrogen (secondary N) is 1. The van der Waals surface area contributed by atoms with Crippen LogP contribution in [0.4, 0.5) is 5.69 Å². The van der Waals surface area contributed by atoms with E-state index in [0.717, 1.165) is 0 Å². The van der Waals surface area contributed by atoms with Gasteiger partial charge in [-0.3, -0.25) is 4.79 Å². The van der Waals surface area contributed by atoms with Crippen molar-refractivity contribution in [3.05, 3.63) is 51.0 Å². The average molecular weight is 431 g/mol. The lowest BCUT2D eigenvalue weighted by Crippen LogP contribution is -2.30. The van der Waals surface area contributed by atoms with Crippen LogP contribution in [0.1, 0.15) is 17.3 Å². The fourth-order valence-electron chi connectivity index (χ4n) is 2.35. The highest BCUT2D eigenvalue weighted by Gasteiger charge is 2.24. The Kier molecular flexibility index (Phi) is 5.99. The van der Waals surface area contributed by atoms with Gasteiger partial charge in [0, 0.05) is 11.8 Å². The second-order valence-corrected chi connectivity index (χ2v) is 6.81. The number of anilines is 1. The zero-order valence-corrected chi connectivity index (χ0v) is 16.3. The number of hydrogen-bond donors (Lipinski definition) is 1. The minimum Gasteiger partial charge on any atom is -0.486 e. The summed E-state index contributed by atoms with van der Waals surface area (Å²) in [5.74, 6) is -0.253. The zero-order chi connectivity index (χ0) is 19.6. The second-order valence-electron chi connectivity index (χ2n) is 5.61. The molecule has 0 aliphatic carbocycles. The highest BCUT2D eigenvalue weighted by molar-refractivity contribution is 6.46. The summed E-state index contributed by atoms with van der Waals surface area (Å²) in [6.07, 6.45) is -1.10. The van der Waals surface area contributed by atoms with Crippen molar-refractivity contribution in [2.24, 2.45) is 0 Å². The predicted octanol–water partition coefficient (Wildman–Crippen LogP) is 4.60. The SMILES string of the molecule is CC(OC(=O)c1c(Cl)ccc(Cl)c1Cl)C(=O)Nc1ccc2c(c1)OCCO2. The Labute approximate surface area is 170 Å². The molecule has 0 fully saturated rings. The number of halogens is 3. The molecule has 1 amide bonds. The first kappa shape index (κ1) is 19.6. The molecule has 1 aliphatic heterocycles. The highest BCUT2D eigenvalue weighted by Crippen LogP contribution is 2.33. The fourth-order valence-corrected chi connectivity index (χ4v) is 3.03. The Morgan fingerprint density at radius 1 is 1.04 bits per heavy atom. The predicted molar refractivity (Wildman–Crippen MR) is 102 cm³/mol. The third kappa shape index (κ3) is 4.40. The molecule has 0 aromatic heterocycles. The quantitative estimate of drug-likeness (QED) is 0.567. The standard InChI is InChI=1S/C18H14Cl3NO5/c1-9(27-18(24)15-11(19)3-4-12(20)16(15)21)17(23)22-10-2-5-13-14(8-10)26-7-6-25-13/h2-5,8-9H,6-7H2,1H3,(H,22,23). The summed E-state index contributed by atoms with van der Waals surface area (Å²) in [5, 5.41) is 2.84. The first-order valence-electron chi connectivity index (χ1n) is 7.92. The summed E-state index contributed by atoms with van der Waals surface area (Å²) in [5.41, 5.74) is 0.385. The van der Waals surface area contributed by atoms with E-state index in [-0.39, 0.29) is 20.6 Å². The minimum atomic E-state index is -1.10. The molecular weight excluding hydrogens is 417 g/mol. The molecule has 1 unspecified atom stereocenters. The van der Waals surface area contributed by atoms with E-state index >= 15 is 0 Å². The molecule has 0 saturated heterocycles. The van der Waals surface area contributed by atoms with Gasteiger partial charge < -0.3 is 19.5 Å². The number of rotatable bonds is 4. The second kappa shape index (κ2) is 8.25. The van der Waals surface area contributed by atoms with Crippen LogP contribution >= 0.6 is 34.8 Å².